The van der Waals surface area contributed by atoms with Crippen LogP contribution in [-0.4, -0.2) is 35.3 Å². The van der Waals surface area contributed by atoms with E-state index in [1.54, 1.807) is 12.1 Å². The lowest BCUT2D eigenvalue weighted by atomic mass is 10.2. The highest BCUT2D eigenvalue weighted by atomic mass is 32.2. The Morgan fingerprint density at radius 3 is 2.94 bits per heavy atom. The van der Waals surface area contributed by atoms with Crippen molar-refractivity contribution in [2.24, 2.45) is 5.73 Å². The van der Waals surface area contributed by atoms with Crippen LogP contribution in [0.5, 0.6) is 0 Å². The smallest absolute Gasteiger partial charge is 0.323 e. The molecule has 1 aliphatic heterocycles. The van der Waals surface area contributed by atoms with Crippen molar-refractivity contribution in [2.75, 3.05) is 17.2 Å². The number of carbonyl (C=O) groups is 2. The van der Waals surface area contributed by atoms with Crippen molar-refractivity contribution in [1.29, 1.82) is 0 Å². The SMILES string of the molecule is NC1CSc2ccccc2N(CC(=O)O)C1=O. The summed E-state index contributed by atoms with van der Waals surface area (Å²) in [6.45, 7) is -0.357. The van der Waals surface area contributed by atoms with Crippen LogP contribution in [0.4, 0.5) is 5.69 Å². The number of benzene rings is 1. The molecule has 1 aliphatic rings. The van der Waals surface area contributed by atoms with Gasteiger partial charge < -0.3 is 10.8 Å². The number of hydrogen-bond donors (Lipinski definition) is 2. The summed E-state index contributed by atoms with van der Waals surface area (Å²) in [6.07, 6.45) is 0. The molecule has 0 radical (unpaired) electrons. The lowest BCUT2D eigenvalue weighted by Gasteiger charge is -2.22. The normalized spacial score (nSPS) is 19.7. The Kier molecular flexibility index (Phi) is 3.35. The zero-order valence-electron chi connectivity index (χ0n) is 9.00. The number of rotatable bonds is 2. The first-order valence-corrected chi connectivity index (χ1v) is 6.08. The molecule has 0 aromatic heterocycles. The Labute approximate surface area is 103 Å². The van der Waals surface area contributed by atoms with E-state index in [1.807, 2.05) is 12.1 Å². The molecular weight excluding hydrogens is 240 g/mol. The maximum Gasteiger partial charge on any atom is 0.323 e. The van der Waals surface area contributed by atoms with Crippen molar-refractivity contribution in [1.82, 2.24) is 0 Å². The fourth-order valence-electron chi connectivity index (χ4n) is 1.67. The van der Waals surface area contributed by atoms with Crippen molar-refractivity contribution in [3.8, 4) is 0 Å². The van der Waals surface area contributed by atoms with E-state index >= 15 is 0 Å². The number of carbonyl (C=O) groups excluding carboxylic acids is 1. The summed E-state index contributed by atoms with van der Waals surface area (Å²) >= 11 is 1.47. The van der Waals surface area contributed by atoms with E-state index in [-0.39, 0.29) is 12.5 Å². The molecule has 1 heterocycles. The number of carboxylic acid groups (broad SMARTS) is 1. The summed E-state index contributed by atoms with van der Waals surface area (Å²) in [4.78, 5) is 24.9. The van der Waals surface area contributed by atoms with Gasteiger partial charge in [-0.1, -0.05) is 12.1 Å². The quantitative estimate of drug-likeness (QED) is 0.802. The summed E-state index contributed by atoms with van der Waals surface area (Å²) in [5.74, 6) is -0.927. The summed E-state index contributed by atoms with van der Waals surface area (Å²) in [7, 11) is 0. The molecule has 90 valence electrons. The van der Waals surface area contributed by atoms with Crippen LogP contribution in [0.15, 0.2) is 29.2 Å². The minimum Gasteiger partial charge on any atom is -0.480 e. The summed E-state index contributed by atoms with van der Waals surface area (Å²) in [5, 5.41) is 8.85. The van der Waals surface area contributed by atoms with Crippen molar-refractivity contribution in [2.45, 2.75) is 10.9 Å². The Bertz CT molecular complexity index is 464. The number of para-hydroxylation sites is 1. The molecule has 17 heavy (non-hydrogen) atoms. The number of anilines is 1. The number of nitrogens with zero attached hydrogens (tertiary/aromatic N) is 1. The third kappa shape index (κ3) is 2.42. The fraction of sp³-hybridized carbons (Fsp3) is 0.273. The van der Waals surface area contributed by atoms with E-state index in [9.17, 15) is 9.59 Å². The molecule has 5 nitrogen and oxygen atoms in total. The van der Waals surface area contributed by atoms with Gasteiger partial charge in [0.1, 0.15) is 6.54 Å². The molecule has 1 atom stereocenters. The maximum absolute atomic E-state index is 12.0. The molecule has 3 N–H and O–H groups in total. The molecule has 1 amide bonds. The van der Waals surface area contributed by atoms with Crippen molar-refractivity contribution < 1.29 is 14.7 Å². The second-order valence-electron chi connectivity index (χ2n) is 3.70. The molecule has 0 aliphatic carbocycles. The standard InChI is InChI=1S/C11H12N2O3S/c12-7-6-17-9-4-2-1-3-8(9)13(11(7)16)5-10(14)15/h1-4,7H,5-6,12H2,(H,14,15). The Morgan fingerprint density at radius 1 is 1.53 bits per heavy atom. The highest BCUT2D eigenvalue weighted by molar-refractivity contribution is 7.99. The third-order valence-corrected chi connectivity index (χ3v) is 3.63. The first kappa shape index (κ1) is 11.9. The van der Waals surface area contributed by atoms with Crippen LogP contribution in [0.1, 0.15) is 0 Å². The molecule has 0 bridgehead atoms. The number of thioether (sulfide) groups is 1. The van der Waals surface area contributed by atoms with E-state index in [4.69, 9.17) is 10.8 Å². The van der Waals surface area contributed by atoms with Crippen molar-refractivity contribution in [3.05, 3.63) is 24.3 Å². The van der Waals surface area contributed by atoms with Gasteiger partial charge in [-0.3, -0.25) is 14.5 Å². The van der Waals surface area contributed by atoms with Crippen LogP contribution in [0.3, 0.4) is 0 Å². The average Bonchev–Trinajstić information content (AvgIpc) is 2.42. The highest BCUT2D eigenvalue weighted by Gasteiger charge is 2.29. The largest absolute Gasteiger partial charge is 0.480 e. The second-order valence-corrected chi connectivity index (χ2v) is 4.77. The molecule has 1 aromatic carbocycles. The number of carboxylic acids is 1. The summed E-state index contributed by atoms with van der Waals surface area (Å²) in [5.41, 5.74) is 6.34. The second kappa shape index (κ2) is 4.77. The Hall–Kier alpha value is -1.53. The predicted molar refractivity (Wildman–Crippen MR) is 65.1 cm³/mol. The van der Waals surface area contributed by atoms with Crippen LogP contribution in [-0.2, 0) is 9.59 Å². The number of nitrogens with two attached hydrogens (primary N) is 1. The monoisotopic (exact) mass is 252 g/mol. The minimum atomic E-state index is -1.05. The molecule has 0 fully saturated rings. The minimum absolute atomic E-state index is 0.343. The molecule has 0 saturated heterocycles. The molecular formula is C11H12N2O3S. The fourth-order valence-corrected chi connectivity index (χ4v) is 2.67. The average molecular weight is 252 g/mol. The number of hydrogen-bond acceptors (Lipinski definition) is 4. The lowest BCUT2D eigenvalue weighted by Crippen LogP contribution is -2.46. The van der Waals surface area contributed by atoms with Gasteiger partial charge >= 0.3 is 5.97 Å². The topological polar surface area (TPSA) is 83.6 Å². The zero-order chi connectivity index (χ0) is 12.4. The first-order valence-electron chi connectivity index (χ1n) is 5.10. The third-order valence-electron chi connectivity index (χ3n) is 2.45. The van der Waals surface area contributed by atoms with Crippen molar-refractivity contribution in [3.63, 3.8) is 0 Å². The van der Waals surface area contributed by atoms with Crippen LogP contribution in [0.2, 0.25) is 0 Å². The van der Waals surface area contributed by atoms with Crippen molar-refractivity contribution >= 4 is 29.3 Å². The number of aliphatic carboxylic acids is 1. The van der Waals surface area contributed by atoms with E-state index in [2.05, 4.69) is 0 Å². The van der Waals surface area contributed by atoms with Gasteiger partial charge in [0, 0.05) is 10.6 Å². The lowest BCUT2D eigenvalue weighted by molar-refractivity contribution is -0.136. The maximum atomic E-state index is 12.0. The zero-order valence-corrected chi connectivity index (χ0v) is 9.81. The van der Waals surface area contributed by atoms with Gasteiger partial charge in [-0.2, -0.15) is 0 Å². The van der Waals surface area contributed by atoms with Gasteiger partial charge in [0.25, 0.3) is 0 Å². The Morgan fingerprint density at radius 2 is 2.24 bits per heavy atom. The van der Waals surface area contributed by atoms with Gasteiger partial charge in [0.2, 0.25) is 5.91 Å². The van der Waals surface area contributed by atoms with Gasteiger partial charge in [0.05, 0.1) is 11.7 Å². The summed E-state index contributed by atoms with van der Waals surface area (Å²) in [6, 6.07) is 6.57. The first-order chi connectivity index (χ1) is 8.09. The van der Waals surface area contributed by atoms with Gasteiger partial charge in [0.15, 0.2) is 0 Å². The van der Waals surface area contributed by atoms with Gasteiger partial charge in [-0.05, 0) is 12.1 Å². The van der Waals surface area contributed by atoms with Gasteiger partial charge in [-0.15, -0.1) is 11.8 Å². The van der Waals surface area contributed by atoms with Crippen LogP contribution >= 0.6 is 11.8 Å². The van der Waals surface area contributed by atoms with Gasteiger partial charge in [-0.25, -0.2) is 0 Å². The predicted octanol–water partition coefficient (Wildman–Crippen LogP) is 0.537. The van der Waals surface area contributed by atoms with Crippen LogP contribution < -0.4 is 10.6 Å². The van der Waals surface area contributed by atoms with Crippen LogP contribution in [0.25, 0.3) is 0 Å². The molecule has 1 aromatic rings. The molecule has 0 saturated carbocycles. The van der Waals surface area contributed by atoms with E-state index in [0.717, 1.165) is 4.90 Å². The van der Waals surface area contributed by atoms with E-state index in [0.29, 0.717) is 11.4 Å². The number of amides is 1. The molecule has 2 rings (SSSR count). The van der Waals surface area contributed by atoms with E-state index in [1.165, 1.54) is 16.7 Å². The van der Waals surface area contributed by atoms with E-state index < -0.39 is 12.0 Å². The molecule has 1 unspecified atom stereocenters. The number of fused-ring (bicyclic) bond motifs is 1. The molecule has 6 heteroatoms. The Balaban J connectivity index is 2.43. The molecule has 0 spiro atoms. The summed E-state index contributed by atoms with van der Waals surface area (Å²) < 4.78 is 0. The highest BCUT2D eigenvalue weighted by Crippen LogP contribution is 2.33. The van der Waals surface area contributed by atoms with Crippen LogP contribution in [0, 0.1) is 0 Å².